The van der Waals surface area contributed by atoms with Crippen molar-refractivity contribution in [2.24, 2.45) is 0 Å². The number of hydrogen-bond donors (Lipinski definition) is 1. The van der Waals surface area contributed by atoms with E-state index >= 15 is 0 Å². The van der Waals surface area contributed by atoms with Gasteiger partial charge in [0.1, 0.15) is 6.33 Å². The standard InChI is InChI=1S/C18H17ClN4O2/c1-4-14-17-15(16(22-14)12-5-7-13(19)8-6-12)18(21-9-20-17)23(10(2)24)11(3)25/h5-9,22H,4H2,1-3H3. The quantitative estimate of drug-likeness (QED) is 0.775. The largest absolute Gasteiger partial charge is 0.356 e. The van der Waals surface area contributed by atoms with Crippen molar-refractivity contribution in [1.29, 1.82) is 0 Å². The van der Waals surface area contributed by atoms with Gasteiger partial charge < -0.3 is 4.98 Å². The van der Waals surface area contributed by atoms with E-state index in [4.69, 9.17) is 11.6 Å². The molecule has 0 saturated heterocycles. The Labute approximate surface area is 149 Å². The van der Waals surface area contributed by atoms with Crippen LogP contribution < -0.4 is 4.90 Å². The first-order valence-electron chi connectivity index (χ1n) is 7.86. The van der Waals surface area contributed by atoms with Crippen LogP contribution in [0.15, 0.2) is 30.6 Å². The molecule has 0 atom stereocenters. The van der Waals surface area contributed by atoms with Gasteiger partial charge in [-0.05, 0) is 24.1 Å². The summed E-state index contributed by atoms with van der Waals surface area (Å²) in [6.07, 6.45) is 2.09. The minimum Gasteiger partial charge on any atom is -0.356 e. The summed E-state index contributed by atoms with van der Waals surface area (Å²) in [5.74, 6) is -0.506. The van der Waals surface area contributed by atoms with Gasteiger partial charge >= 0.3 is 0 Å². The first kappa shape index (κ1) is 17.1. The molecule has 0 aliphatic rings. The van der Waals surface area contributed by atoms with Gasteiger partial charge in [0, 0.05) is 24.6 Å². The Kier molecular flexibility index (Phi) is 4.55. The van der Waals surface area contributed by atoms with Crippen LogP contribution in [0.5, 0.6) is 0 Å². The van der Waals surface area contributed by atoms with Crippen LogP contribution >= 0.6 is 11.6 Å². The van der Waals surface area contributed by atoms with Crippen molar-refractivity contribution in [1.82, 2.24) is 15.0 Å². The highest BCUT2D eigenvalue weighted by Crippen LogP contribution is 2.36. The van der Waals surface area contributed by atoms with Crippen molar-refractivity contribution in [3.8, 4) is 11.3 Å². The Bertz CT molecular complexity index is 949. The fourth-order valence-electron chi connectivity index (χ4n) is 2.89. The number of carbonyl (C=O) groups excluding carboxylic acids is 2. The maximum atomic E-state index is 12.0. The summed E-state index contributed by atoms with van der Waals surface area (Å²) < 4.78 is 0. The number of carbonyl (C=O) groups is 2. The maximum Gasteiger partial charge on any atom is 0.231 e. The number of fused-ring (bicyclic) bond motifs is 1. The molecule has 0 fully saturated rings. The predicted molar refractivity (Wildman–Crippen MR) is 97.6 cm³/mol. The number of aromatic nitrogens is 3. The van der Waals surface area contributed by atoms with E-state index in [0.29, 0.717) is 15.9 Å². The van der Waals surface area contributed by atoms with Crippen LogP contribution in [0.2, 0.25) is 5.02 Å². The number of imide groups is 1. The molecular formula is C18H17ClN4O2. The molecule has 2 aromatic heterocycles. The van der Waals surface area contributed by atoms with Gasteiger partial charge in [-0.2, -0.15) is 0 Å². The summed E-state index contributed by atoms with van der Waals surface area (Å²) in [6, 6.07) is 7.31. The molecule has 0 aliphatic heterocycles. The molecule has 25 heavy (non-hydrogen) atoms. The molecule has 1 aromatic carbocycles. The highest BCUT2D eigenvalue weighted by Gasteiger charge is 2.25. The van der Waals surface area contributed by atoms with Crippen molar-refractivity contribution >= 4 is 40.1 Å². The fraction of sp³-hybridized carbons (Fsp3) is 0.222. The summed E-state index contributed by atoms with van der Waals surface area (Å²) in [7, 11) is 0. The van der Waals surface area contributed by atoms with Crippen LogP contribution in [0.1, 0.15) is 26.5 Å². The van der Waals surface area contributed by atoms with Crippen LogP contribution in [0.4, 0.5) is 5.82 Å². The van der Waals surface area contributed by atoms with Crippen molar-refractivity contribution in [2.75, 3.05) is 4.90 Å². The number of anilines is 1. The van der Waals surface area contributed by atoms with Gasteiger partial charge in [0.05, 0.1) is 16.6 Å². The highest BCUT2D eigenvalue weighted by atomic mass is 35.5. The number of hydrogen-bond acceptors (Lipinski definition) is 4. The normalized spacial score (nSPS) is 10.9. The molecule has 0 saturated carbocycles. The van der Waals surface area contributed by atoms with E-state index < -0.39 is 11.8 Å². The number of aryl methyl sites for hydroxylation is 1. The third kappa shape index (κ3) is 3.00. The lowest BCUT2D eigenvalue weighted by atomic mass is 10.1. The third-order valence-corrected chi connectivity index (χ3v) is 4.22. The van der Waals surface area contributed by atoms with Crippen molar-refractivity contribution in [3.63, 3.8) is 0 Å². The van der Waals surface area contributed by atoms with E-state index in [-0.39, 0.29) is 5.82 Å². The second-order valence-electron chi connectivity index (χ2n) is 5.63. The van der Waals surface area contributed by atoms with Crippen LogP contribution in [-0.2, 0) is 16.0 Å². The Balaban J connectivity index is 2.36. The summed E-state index contributed by atoms with van der Waals surface area (Å²) in [5, 5.41) is 1.27. The number of aromatic amines is 1. The zero-order chi connectivity index (χ0) is 18.1. The Morgan fingerprint density at radius 3 is 2.32 bits per heavy atom. The predicted octanol–water partition coefficient (Wildman–Crippen LogP) is 3.74. The van der Waals surface area contributed by atoms with E-state index in [2.05, 4.69) is 15.0 Å². The zero-order valence-corrected chi connectivity index (χ0v) is 14.9. The average molecular weight is 357 g/mol. The van der Waals surface area contributed by atoms with Crippen LogP contribution in [-0.4, -0.2) is 26.8 Å². The molecule has 2 heterocycles. The van der Waals surface area contributed by atoms with Crippen molar-refractivity contribution < 1.29 is 9.59 Å². The summed E-state index contributed by atoms with van der Waals surface area (Å²) in [4.78, 5) is 37.0. The minimum atomic E-state index is -0.395. The lowest BCUT2D eigenvalue weighted by molar-refractivity contribution is -0.124. The second kappa shape index (κ2) is 6.64. The molecule has 0 unspecified atom stereocenters. The summed E-state index contributed by atoms with van der Waals surface area (Å²) in [6.45, 7) is 4.68. The number of rotatable bonds is 3. The molecule has 3 aromatic rings. The van der Waals surface area contributed by atoms with Gasteiger partial charge in [0.25, 0.3) is 0 Å². The highest BCUT2D eigenvalue weighted by molar-refractivity contribution is 6.30. The second-order valence-corrected chi connectivity index (χ2v) is 6.07. The first-order valence-corrected chi connectivity index (χ1v) is 8.24. The summed E-state index contributed by atoms with van der Waals surface area (Å²) >= 11 is 5.98. The molecule has 0 bridgehead atoms. The van der Waals surface area contributed by atoms with Crippen LogP contribution in [0.25, 0.3) is 22.2 Å². The molecule has 1 N–H and O–H groups in total. The molecule has 128 valence electrons. The molecule has 2 amide bonds. The smallest absolute Gasteiger partial charge is 0.231 e. The average Bonchev–Trinajstić information content (AvgIpc) is 2.94. The van der Waals surface area contributed by atoms with E-state index in [9.17, 15) is 9.59 Å². The number of benzene rings is 1. The number of amides is 2. The number of nitrogens with one attached hydrogen (secondary N) is 1. The molecule has 3 rings (SSSR count). The summed E-state index contributed by atoms with van der Waals surface area (Å²) in [5.41, 5.74) is 3.24. The van der Waals surface area contributed by atoms with Gasteiger partial charge in [-0.15, -0.1) is 0 Å². The Morgan fingerprint density at radius 1 is 1.12 bits per heavy atom. The number of H-pyrrole nitrogens is 1. The zero-order valence-electron chi connectivity index (χ0n) is 14.1. The number of halogens is 1. The Hall–Kier alpha value is -2.73. The van der Waals surface area contributed by atoms with Gasteiger partial charge in [0.2, 0.25) is 11.8 Å². The fourth-order valence-corrected chi connectivity index (χ4v) is 3.01. The molecule has 0 radical (unpaired) electrons. The van der Waals surface area contributed by atoms with Gasteiger partial charge in [-0.25, -0.2) is 14.9 Å². The Morgan fingerprint density at radius 2 is 1.76 bits per heavy atom. The lowest BCUT2D eigenvalue weighted by Crippen LogP contribution is -2.34. The van der Waals surface area contributed by atoms with Gasteiger partial charge in [0.15, 0.2) is 5.82 Å². The first-order chi connectivity index (χ1) is 11.9. The van der Waals surface area contributed by atoms with E-state index in [0.717, 1.165) is 28.3 Å². The monoisotopic (exact) mass is 356 g/mol. The maximum absolute atomic E-state index is 12.0. The molecular weight excluding hydrogens is 340 g/mol. The molecule has 6 nitrogen and oxygen atoms in total. The SMILES string of the molecule is CCc1[nH]c(-c2ccc(Cl)cc2)c2c(N(C(C)=O)C(C)=O)ncnc12. The van der Waals surface area contributed by atoms with Crippen LogP contribution in [0, 0.1) is 0 Å². The van der Waals surface area contributed by atoms with Gasteiger partial charge in [-0.3, -0.25) is 9.59 Å². The third-order valence-electron chi connectivity index (χ3n) is 3.97. The van der Waals surface area contributed by atoms with E-state index in [1.165, 1.54) is 20.2 Å². The lowest BCUT2D eigenvalue weighted by Gasteiger charge is -2.17. The van der Waals surface area contributed by atoms with Gasteiger partial charge in [-0.1, -0.05) is 30.7 Å². The molecule has 7 heteroatoms. The topological polar surface area (TPSA) is 79.0 Å². The van der Waals surface area contributed by atoms with Crippen molar-refractivity contribution in [2.45, 2.75) is 27.2 Å². The number of nitrogens with zero attached hydrogens (tertiary/aromatic N) is 3. The van der Waals surface area contributed by atoms with E-state index in [1.807, 2.05) is 19.1 Å². The van der Waals surface area contributed by atoms with E-state index in [1.54, 1.807) is 12.1 Å². The molecule has 0 spiro atoms. The van der Waals surface area contributed by atoms with Crippen molar-refractivity contribution in [3.05, 3.63) is 41.3 Å². The minimum absolute atomic E-state index is 0.283. The van der Waals surface area contributed by atoms with Crippen LogP contribution in [0.3, 0.4) is 0 Å². The molecule has 0 aliphatic carbocycles.